The molecule has 212 valence electrons. The summed E-state index contributed by atoms with van der Waals surface area (Å²) in [5.41, 5.74) is -0.0207. The number of fused-ring (bicyclic) bond motifs is 5. The Bertz CT molecular complexity index is 832. The zero-order chi connectivity index (χ0) is 27.1. The Balaban J connectivity index is 1.45. The van der Waals surface area contributed by atoms with Gasteiger partial charge < -0.3 is 20.6 Å². The summed E-state index contributed by atoms with van der Waals surface area (Å²) < 4.78 is 0. The number of nitrogens with one attached hydrogen (secondary N) is 1. The molecular weight excluding hydrogens is 466 g/mol. The van der Waals surface area contributed by atoms with Crippen LogP contribution in [0, 0.1) is 52.3 Å². The van der Waals surface area contributed by atoms with Crippen LogP contribution in [0.25, 0.3) is 0 Å². The van der Waals surface area contributed by atoms with Crippen molar-refractivity contribution in [2.75, 3.05) is 0 Å². The van der Waals surface area contributed by atoms with E-state index in [2.05, 4.69) is 26.1 Å². The van der Waals surface area contributed by atoms with Crippen LogP contribution < -0.4 is 5.32 Å². The number of aliphatic carboxylic acids is 1. The van der Waals surface area contributed by atoms with Gasteiger partial charge in [-0.2, -0.15) is 0 Å². The van der Waals surface area contributed by atoms with E-state index in [-0.39, 0.29) is 46.7 Å². The molecule has 4 fully saturated rings. The van der Waals surface area contributed by atoms with Gasteiger partial charge in [0.2, 0.25) is 5.91 Å². The first-order valence-corrected chi connectivity index (χ1v) is 15.3. The Hall–Kier alpha value is -1.14. The minimum absolute atomic E-state index is 0.115. The Kier molecular flexibility index (Phi) is 8.70. The lowest BCUT2D eigenvalue weighted by Crippen LogP contribution is -2.61. The van der Waals surface area contributed by atoms with Crippen molar-refractivity contribution in [3.63, 3.8) is 0 Å². The standard InChI is InChI=1S/C31H53NO5/c1-6-18(2)28(29(36)37)32-26(35)14-11-19(3)21-12-13-22-27-23(17-25(34)31(21,22)5)30(4)15-9-7-8-10-20(30)16-24(27)33/h18-25,27-28,33-34H,6-17H2,1-5H3,(H,32,35)(H,36,37)/t18?,19-,20+,21-,22+,23+,24-,25+,27+,28+,30+,31-/m1/s1. The number of carbonyl (C=O) groups excluding carboxylic acids is 1. The first-order chi connectivity index (χ1) is 17.4. The van der Waals surface area contributed by atoms with Crippen LogP contribution >= 0.6 is 0 Å². The molecule has 4 aliphatic rings. The molecule has 0 aromatic heterocycles. The van der Waals surface area contributed by atoms with Crippen LogP contribution in [-0.4, -0.2) is 45.4 Å². The Labute approximate surface area is 224 Å². The molecule has 0 radical (unpaired) electrons. The number of carboxylic acids is 1. The average molecular weight is 520 g/mol. The van der Waals surface area contributed by atoms with Gasteiger partial charge in [0.1, 0.15) is 6.04 Å². The molecule has 1 unspecified atom stereocenters. The molecule has 0 spiro atoms. The summed E-state index contributed by atoms with van der Waals surface area (Å²) in [7, 11) is 0. The quantitative estimate of drug-likeness (QED) is 0.344. The monoisotopic (exact) mass is 519 g/mol. The van der Waals surface area contributed by atoms with Crippen molar-refractivity contribution in [2.45, 2.75) is 130 Å². The summed E-state index contributed by atoms with van der Waals surface area (Å²) in [5.74, 6) is 0.814. The van der Waals surface area contributed by atoms with Gasteiger partial charge in [0, 0.05) is 6.42 Å². The molecule has 12 atom stereocenters. The van der Waals surface area contributed by atoms with Crippen molar-refractivity contribution < 1.29 is 24.9 Å². The van der Waals surface area contributed by atoms with Crippen LogP contribution in [0.1, 0.15) is 112 Å². The molecule has 4 N–H and O–H groups in total. The van der Waals surface area contributed by atoms with Crippen LogP contribution in [0.4, 0.5) is 0 Å². The molecule has 4 aliphatic carbocycles. The second kappa shape index (κ2) is 11.2. The molecule has 0 aliphatic heterocycles. The highest BCUT2D eigenvalue weighted by Gasteiger charge is 2.65. The van der Waals surface area contributed by atoms with Crippen molar-refractivity contribution in [3.05, 3.63) is 0 Å². The van der Waals surface area contributed by atoms with Crippen molar-refractivity contribution in [1.29, 1.82) is 0 Å². The van der Waals surface area contributed by atoms with E-state index in [1.54, 1.807) is 0 Å². The second-order valence-electron chi connectivity index (χ2n) is 14.0. The summed E-state index contributed by atoms with van der Waals surface area (Å²) in [6, 6.07) is -0.847. The summed E-state index contributed by atoms with van der Waals surface area (Å²) in [6.07, 6.45) is 11.1. The third-order valence-corrected chi connectivity index (χ3v) is 12.3. The molecule has 0 heterocycles. The fourth-order valence-electron chi connectivity index (χ4n) is 9.85. The number of amides is 1. The highest BCUT2D eigenvalue weighted by atomic mass is 16.4. The molecule has 0 saturated heterocycles. The van der Waals surface area contributed by atoms with Crippen molar-refractivity contribution in [3.8, 4) is 0 Å². The minimum Gasteiger partial charge on any atom is -0.480 e. The van der Waals surface area contributed by atoms with Crippen LogP contribution in [0.2, 0.25) is 0 Å². The number of rotatable bonds is 8. The first-order valence-electron chi connectivity index (χ1n) is 15.3. The van der Waals surface area contributed by atoms with Gasteiger partial charge in [-0.05, 0) is 97.2 Å². The van der Waals surface area contributed by atoms with E-state index in [4.69, 9.17) is 0 Å². The fraction of sp³-hybridized carbons (Fsp3) is 0.935. The van der Waals surface area contributed by atoms with Gasteiger partial charge in [-0.1, -0.05) is 60.3 Å². The lowest BCUT2D eigenvalue weighted by atomic mass is 9.44. The van der Waals surface area contributed by atoms with Crippen LogP contribution in [0.15, 0.2) is 0 Å². The zero-order valence-electron chi connectivity index (χ0n) is 23.9. The number of aliphatic hydroxyl groups excluding tert-OH is 2. The molecule has 6 heteroatoms. The predicted molar refractivity (Wildman–Crippen MR) is 145 cm³/mol. The highest BCUT2D eigenvalue weighted by Crippen LogP contribution is 2.68. The van der Waals surface area contributed by atoms with E-state index in [0.717, 1.165) is 25.7 Å². The van der Waals surface area contributed by atoms with Crippen LogP contribution in [0.3, 0.4) is 0 Å². The molecule has 6 nitrogen and oxygen atoms in total. The van der Waals surface area contributed by atoms with E-state index >= 15 is 0 Å². The van der Waals surface area contributed by atoms with E-state index in [9.17, 15) is 24.9 Å². The normalized spacial score (nSPS) is 43.9. The first kappa shape index (κ1) is 28.9. The smallest absolute Gasteiger partial charge is 0.326 e. The molecule has 4 saturated carbocycles. The number of carboxylic acid groups (broad SMARTS) is 1. The van der Waals surface area contributed by atoms with Crippen LogP contribution in [0.5, 0.6) is 0 Å². The van der Waals surface area contributed by atoms with Gasteiger partial charge in [-0.25, -0.2) is 4.79 Å². The van der Waals surface area contributed by atoms with Crippen molar-refractivity contribution in [1.82, 2.24) is 5.32 Å². The van der Waals surface area contributed by atoms with Gasteiger partial charge in [0.15, 0.2) is 0 Å². The SMILES string of the molecule is CCC(C)[C@H](NC(=O)CC[C@@H](C)[C@H]1CC[C@H]2[C@@H]3[C@H](O)C[C@@H]4CCCCC[C@]4(C)[C@H]3C[C@H](O)[C@]12C)C(=O)O. The summed E-state index contributed by atoms with van der Waals surface area (Å²) >= 11 is 0. The number of hydrogen-bond acceptors (Lipinski definition) is 4. The number of hydrogen-bond donors (Lipinski definition) is 4. The van der Waals surface area contributed by atoms with E-state index in [1.807, 2.05) is 13.8 Å². The molecule has 0 bridgehead atoms. The zero-order valence-corrected chi connectivity index (χ0v) is 23.9. The molecule has 1 amide bonds. The fourth-order valence-corrected chi connectivity index (χ4v) is 9.85. The van der Waals surface area contributed by atoms with Gasteiger partial charge in [0.05, 0.1) is 12.2 Å². The lowest BCUT2D eigenvalue weighted by molar-refractivity contribution is -0.195. The summed E-state index contributed by atoms with van der Waals surface area (Å²) in [6.45, 7) is 10.7. The van der Waals surface area contributed by atoms with E-state index in [1.165, 1.54) is 32.1 Å². The van der Waals surface area contributed by atoms with Crippen LogP contribution in [-0.2, 0) is 9.59 Å². The third-order valence-electron chi connectivity index (χ3n) is 12.3. The Morgan fingerprint density at radius 2 is 1.73 bits per heavy atom. The van der Waals surface area contributed by atoms with Crippen molar-refractivity contribution >= 4 is 11.9 Å². The molecule has 37 heavy (non-hydrogen) atoms. The highest BCUT2D eigenvalue weighted by molar-refractivity contribution is 5.83. The predicted octanol–water partition coefficient (Wildman–Crippen LogP) is 5.40. The van der Waals surface area contributed by atoms with Gasteiger partial charge in [0.25, 0.3) is 0 Å². The lowest BCUT2D eigenvalue weighted by Gasteiger charge is -2.62. The number of carbonyl (C=O) groups is 2. The van der Waals surface area contributed by atoms with E-state index < -0.39 is 12.0 Å². The minimum atomic E-state index is -0.975. The molecular formula is C31H53NO5. The average Bonchev–Trinajstić information content (AvgIpc) is 3.10. The topological polar surface area (TPSA) is 107 Å². The Morgan fingerprint density at radius 1 is 1.00 bits per heavy atom. The van der Waals surface area contributed by atoms with Gasteiger partial charge >= 0.3 is 5.97 Å². The summed E-state index contributed by atoms with van der Waals surface area (Å²) in [5, 5.41) is 35.6. The summed E-state index contributed by atoms with van der Waals surface area (Å²) in [4.78, 5) is 24.3. The second-order valence-corrected chi connectivity index (χ2v) is 14.0. The van der Waals surface area contributed by atoms with Gasteiger partial charge in [-0.15, -0.1) is 0 Å². The molecule has 0 aromatic rings. The number of aliphatic hydroxyl groups is 2. The molecule has 0 aromatic carbocycles. The maximum absolute atomic E-state index is 12.7. The van der Waals surface area contributed by atoms with Crippen molar-refractivity contribution in [2.24, 2.45) is 52.3 Å². The maximum atomic E-state index is 12.7. The maximum Gasteiger partial charge on any atom is 0.326 e. The largest absolute Gasteiger partial charge is 0.480 e. The van der Waals surface area contributed by atoms with E-state index in [0.29, 0.717) is 42.9 Å². The molecule has 4 rings (SSSR count). The Morgan fingerprint density at radius 3 is 2.41 bits per heavy atom. The van der Waals surface area contributed by atoms with Gasteiger partial charge in [-0.3, -0.25) is 4.79 Å². The third kappa shape index (κ3) is 5.11.